The molecule has 21 heavy (non-hydrogen) atoms. The molecule has 0 aliphatic carbocycles. The van der Waals surface area contributed by atoms with Crippen LogP contribution in [0.3, 0.4) is 0 Å². The van der Waals surface area contributed by atoms with Gasteiger partial charge in [-0.1, -0.05) is 6.07 Å². The highest BCUT2D eigenvalue weighted by Crippen LogP contribution is 2.21. The number of rotatable bonds is 4. The van der Waals surface area contributed by atoms with Crippen LogP contribution in [-0.4, -0.2) is 36.0 Å². The Morgan fingerprint density at radius 3 is 2.90 bits per heavy atom. The van der Waals surface area contributed by atoms with Gasteiger partial charge in [-0.25, -0.2) is 4.39 Å². The van der Waals surface area contributed by atoms with Gasteiger partial charge in [-0.05, 0) is 44.7 Å². The lowest BCUT2D eigenvalue weighted by Crippen LogP contribution is -2.48. The summed E-state index contributed by atoms with van der Waals surface area (Å²) in [4.78, 5) is 14.2. The van der Waals surface area contributed by atoms with Gasteiger partial charge in [0.25, 0.3) is 5.91 Å². The number of benzene rings is 1. The van der Waals surface area contributed by atoms with Gasteiger partial charge in [-0.15, -0.1) is 0 Å². The molecule has 0 spiro atoms. The standard InChI is InChI=1S/C16H23FN2O2/c1-11(18)13-5-4-8-19(10-13)16(20)12(2)21-15-7-3-6-14(17)9-15/h3,6-7,9,11-13H,4-5,8,10,18H2,1-2H3. The number of hydrogen-bond donors (Lipinski definition) is 1. The summed E-state index contributed by atoms with van der Waals surface area (Å²) in [5, 5.41) is 0. The predicted molar refractivity (Wildman–Crippen MR) is 79.4 cm³/mol. The topological polar surface area (TPSA) is 55.6 Å². The normalized spacial score (nSPS) is 21.7. The second-order valence-corrected chi connectivity index (χ2v) is 5.76. The second-order valence-electron chi connectivity index (χ2n) is 5.76. The molecule has 0 aromatic heterocycles. The summed E-state index contributed by atoms with van der Waals surface area (Å²) in [6.07, 6.45) is 1.39. The Kier molecular flexibility index (Phi) is 5.17. The van der Waals surface area contributed by atoms with Crippen LogP contribution < -0.4 is 10.5 Å². The van der Waals surface area contributed by atoms with Crippen molar-refractivity contribution in [3.8, 4) is 5.75 Å². The zero-order valence-electron chi connectivity index (χ0n) is 12.6. The van der Waals surface area contributed by atoms with Crippen LogP contribution in [-0.2, 0) is 4.79 Å². The molecule has 3 atom stereocenters. The van der Waals surface area contributed by atoms with E-state index in [1.165, 1.54) is 12.1 Å². The predicted octanol–water partition coefficient (Wildman–Crippen LogP) is 2.18. The molecule has 0 bridgehead atoms. The van der Waals surface area contributed by atoms with Crippen LogP contribution in [0, 0.1) is 11.7 Å². The summed E-state index contributed by atoms with van der Waals surface area (Å²) in [5.41, 5.74) is 5.93. The highest BCUT2D eigenvalue weighted by atomic mass is 19.1. The first-order chi connectivity index (χ1) is 9.97. The van der Waals surface area contributed by atoms with Crippen LogP contribution in [0.2, 0.25) is 0 Å². The van der Waals surface area contributed by atoms with Gasteiger partial charge >= 0.3 is 0 Å². The second kappa shape index (κ2) is 6.89. The summed E-state index contributed by atoms with van der Waals surface area (Å²) >= 11 is 0. The highest BCUT2D eigenvalue weighted by Gasteiger charge is 2.29. The van der Waals surface area contributed by atoms with Gasteiger partial charge in [0.15, 0.2) is 6.10 Å². The van der Waals surface area contributed by atoms with E-state index in [0.717, 1.165) is 19.4 Å². The van der Waals surface area contributed by atoms with Crippen molar-refractivity contribution in [2.24, 2.45) is 11.7 Å². The largest absolute Gasteiger partial charge is 0.481 e. The maximum atomic E-state index is 13.1. The molecule has 1 aliphatic heterocycles. The number of amides is 1. The van der Waals surface area contributed by atoms with Gasteiger partial charge in [0.2, 0.25) is 0 Å². The molecule has 2 N–H and O–H groups in total. The molecule has 4 nitrogen and oxygen atoms in total. The molecule has 0 radical (unpaired) electrons. The lowest BCUT2D eigenvalue weighted by molar-refractivity contribution is -0.139. The molecule has 1 aromatic carbocycles. The van der Waals surface area contributed by atoms with Crippen molar-refractivity contribution < 1.29 is 13.9 Å². The number of ether oxygens (including phenoxy) is 1. The summed E-state index contributed by atoms with van der Waals surface area (Å²) in [5.74, 6) is 0.271. The first-order valence-corrected chi connectivity index (χ1v) is 7.44. The number of piperidine rings is 1. The van der Waals surface area contributed by atoms with E-state index in [1.54, 1.807) is 19.1 Å². The van der Waals surface area contributed by atoms with Gasteiger partial charge in [-0.2, -0.15) is 0 Å². The van der Waals surface area contributed by atoms with Crippen LogP contribution in [0.25, 0.3) is 0 Å². The fraction of sp³-hybridized carbons (Fsp3) is 0.562. The van der Waals surface area contributed by atoms with E-state index in [9.17, 15) is 9.18 Å². The molecule has 1 fully saturated rings. The zero-order chi connectivity index (χ0) is 15.4. The van der Waals surface area contributed by atoms with Crippen molar-refractivity contribution in [2.75, 3.05) is 13.1 Å². The van der Waals surface area contributed by atoms with Crippen molar-refractivity contribution in [1.82, 2.24) is 4.90 Å². The van der Waals surface area contributed by atoms with Crippen LogP contribution >= 0.6 is 0 Å². The van der Waals surface area contributed by atoms with E-state index in [0.29, 0.717) is 18.2 Å². The van der Waals surface area contributed by atoms with Crippen molar-refractivity contribution in [3.63, 3.8) is 0 Å². The first kappa shape index (κ1) is 15.8. The van der Waals surface area contributed by atoms with Crippen molar-refractivity contribution in [3.05, 3.63) is 30.1 Å². The molecular formula is C16H23FN2O2. The number of carbonyl (C=O) groups is 1. The summed E-state index contributed by atoms with van der Waals surface area (Å²) in [6, 6.07) is 5.92. The average Bonchev–Trinajstić information content (AvgIpc) is 2.46. The van der Waals surface area contributed by atoms with Crippen LogP contribution in [0.15, 0.2) is 24.3 Å². The smallest absolute Gasteiger partial charge is 0.263 e. The zero-order valence-corrected chi connectivity index (χ0v) is 12.6. The molecule has 5 heteroatoms. The van der Waals surface area contributed by atoms with Crippen molar-refractivity contribution >= 4 is 5.91 Å². The first-order valence-electron chi connectivity index (χ1n) is 7.44. The number of halogens is 1. The third kappa shape index (κ3) is 4.17. The van der Waals surface area contributed by atoms with Gasteiger partial charge in [0.05, 0.1) is 0 Å². The molecule has 1 aromatic rings. The average molecular weight is 294 g/mol. The van der Waals surface area contributed by atoms with Crippen molar-refractivity contribution in [2.45, 2.75) is 38.8 Å². The maximum absolute atomic E-state index is 13.1. The molecule has 1 heterocycles. The van der Waals surface area contributed by atoms with E-state index in [4.69, 9.17) is 10.5 Å². The number of hydrogen-bond acceptors (Lipinski definition) is 3. The minimum absolute atomic E-state index is 0.0652. The summed E-state index contributed by atoms with van der Waals surface area (Å²) in [6.45, 7) is 5.08. The molecule has 0 saturated carbocycles. The van der Waals surface area contributed by atoms with Crippen LogP contribution in [0.5, 0.6) is 5.75 Å². The Balaban J connectivity index is 1.95. The minimum Gasteiger partial charge on any atom is -0.481 e. The van der Waals surface area contributed by atoms with Gasteiger partial charge in [0.1, 0.15) is 11.6 Å². The number of nitrogens with two attached hydrogens (primary N) is 1. The highest BCUT2D eigenvalue weighted by molar-refractivity contribution is 5.81. The lowest BCUT2D eigenvalue weighted by atomic mass is 9.92. The van der Waals surface area contributed by atoms with Crippen LogP contribution in [0.1, 0.15) is 26.7 Å². The minimum atomic E-state index is -0.626. The fourth-order valence-corrected chi connectivity index (χ4v) is 2.69. The Hall–Kier alpha value is -1.62. The van der Waals surface area contributed by atoms with E-state index >= 15 is 0 Å². The number of likely N-dealkylation sites (tertiary alicyclic amines) is 1. The quantitative estimate of drug-likeness (QED) is 0.926. The van der Waals surface area contributed by atoms with E-state index in [-0.39, 0.29) is 17.8 Å². The van der Waals surface area contributed by atoms with E-state index in [2.05, 4.69) is 0 Å². The third-order valence-electron chi connectivity index (χ3n) is 3.97. The SMILES string of the molecule is CC(Oc1cccc(F)c1)C(=O)N1CCCC(C(C)N)C1. The van der Waals surface area contributed by atoms with Gasteiger partial charge in [0, 0.05) is 25.2 Å². The maximum Gasteiger partial charge on any atom is 0.263 e. The lowest BCUT2D eigenvalue weighted by Gasteiger charge is -2.35. The monoisotopic (exact) mass is 294 g/mol. The number of nitrogens with zero attached hydrogens (tertiary/aromatic N) is 1. The van der Waals surface area contributed by atoms with E-state index in [1.807, 2.05) is 11.8 Å². The Bertz CT molecular complexity index is 493. The third-order valence-corrected chi connectivity index (χ3v) is 3.97. The number of carbonyl (C=O) groups excluding carboxylic acids is 1. The van der Waals surface area contributed by atoms with Crippen molar-refractivity contribution in [1.29, 1.82) is 0 Å². The summed E-state index contributed by atoms with van der Waals surface area (Å²) in [7, 11) is 0. The van der Waals surface area contributed by atoms with E-state index < -0.39 is 6.10 Å². The molecule has 1 aliphatic rings. The van der Waals surface area contributed by atoms with Crippen LogP contribution in [0.4, 0.5) is 4.39 Å². The van der Waals surface area contributed by atoms with Gasteiger partial charge < -0.3 is 15.4 Å². The van der Waals surface area contributed by atoms with Gasteiger partial charge in [-0.3, -0.25) is 4.79 Å². The molecule has 1 saturated heterocycles. The summed E-state index contributed by atoms with van der Waals surface area (Å²) < 4.78 is 18.7. The molecule has 1 amide bonds. The molecule has 2 rings (SSSR count). The molecule has 116 valence electrons. The Morgan fingerprint density at radius 1 is 1.48 bits per heavy atom. The molecule has 3 unspecified atom stereocenters. The fourth-order valence-electron chi connectivity index (χ4n) is 2.69. The Morgan fingerprint density at radius 2 is 2.24 bits per heavy atom. The molecular weight excluding hydrogens is 271 g/mol. The Labute approximate surface area is 125 Å².